The lowest BCUT2D eigenvalue weighted by Crippen LogP contribution is -2.37. The van der Waals surface area contributed by atoms with Crippen LogP contribution in [0, 0.1) is 17.3 Å². The highest BCUT2D eigenvalue weighted by molar-refractivity contribution is 5.69. The summed E-state index contributed by atoms with van der Waals surface area (Å²) in [5.41, 5.74) is 6.48. The highest BCUT2D eigenvalue weighted by Crippen LogP contribution is 2.40. The molecule has 1 aliphatic rings. The zero-order valence-electron chi connectivity index (χ0n) is 11.7. The molecule has 100 valence electrons. The fourth-order valence-corrected chi connectivity index (χ4v) is 2.86. The van der Waals surface area contributed by atoms with E-state index in [9.17, 15) is 4.79 Å². The van der Waals surface area contributed by atoms with Crippen molar-refractivity contribution in [2.24, 2.45) is 23.0 Å². The Labute approximate surface area is 105 Å². The molecular weight excluding hydrogens is 214 g/mol. The molecular formula is C14H27NO2. The number of esters is 1. The van der Waals surface area contributed by atoms with Gasteiger partial charge in [0, 0.05) is 6.04 Å². The molecule has 0 spiro atoms. The predicted molar refractivity (Wildman–Crippen MR) is 69.5 cm³/mol. The van der Waals surface area contributed by atoms with Crippen molar-refractivity contribution in [3.8, 4) is 0 Å². The van der Waals surface area contributed by atoms with Crippen LogP contribution in [0.25, 0.3) is 0 Å². The number of hydrogen-bond acceptors (Lipinski definition) is 3. The van der Waals surface area contributed by atoms with Gasteiger partial charge in [0.1, 0.15) is 0 Å². The minimum atomic E-state index is -0.185. The molecule has 1 fully saturated rings. The van der Waals surface area contributed by atoms with E-state index in [2.05, 4.69) is 25.5 Å². The van der Waals surface area contributed by atoms with E-state index in [1.165, 1.54) is 20.0 Å². The number of carbonyl (C=O) groups is 1. The molecule has 0 bridgehead atoms. The number of hydrogen-bond donors (Lipinski definition) is 1. The minimum Gasteiger partial charge on any atom is -0.469 e. The summed E-state index contributed by atoms with van der Waals surface area (Å²) in [5, 5.41) is 0. The van der Waals surface area contributed by atoms with E-state index in [-0.39, 0.29) is 12.0 Å². The van der Waals surface area contributed by atoms with Crippen LogP contribution in [0.4, 0.5) is 0 Å². The summed E-state index contributed by atoms with van der Waals surface area (Å²) in [6, 6.07) is -0.0247. The summed E-state index contributed by atoms with van der Waals surface area (Å²) in [7, 11) is 1.42. The van der Waals surface area contributed by atoms with Crippen LogP contribution < -0.4 is 5.73 Å². The Morgan fingerprint density at radius 3 is 2.24 bits per heavy atom. The normalized spacial score (nSPS) is 27.6. The van der Waals surface area contributed by atoms with Gasteiger partial charge in [-0.25, -0.2) is 0 Å². The van der Waals surface area contributed by atoms with Crippen LogP contribution >= 0.6 is 0 Å². The topological polar surface area (TPSA) is 52.3 Å². The van der Waals surface area contributed by atoms with E-state index >= 15 is 0 Å². The Morgan fingerprint density at radius 2 is 1.82 bits per heavy atom. The van der Waals surface area contributed by atoms with Gasteiger partial charge in [-0.15, -0.1) is 0 Å². The third-order valence-corrected chi connectivity index (χ3v) is 4.23. The van der Waals surface area contributed by atoms with Gasteiger partial charge in [-0.05, 0) is 42.9 Å². The van der Waals surface area contributed by atoms with Gasteiger partial charge in [-0.3, -0.25) is 4.79 Å². The zero-order valence-corrected chi connectivity index (χ0v) is 11.7. The molecule has 0 amide bonds. The fourth-order valence-electron chi connectivity index (χ4n) is 2.86. The number of carbonyl (C=O) groups excluding carboxylic acids is 1. The first-order valence-electron chi connectivity index (χ1n) is 6.67. The summed E-state index contributed by atoms with van der Waals surface area (Å²) in [6.07, 6.45) is 5.15. The van der Waals surface area contributed by atoms with Gasteiger partial charge in [0.2, 0.25) is 0 Å². The van der Waals surface area contributed by atoms with Crippen molar-refractivity contribution in [3.63, 3.8) is 0 Å². The smallest absolute Gasteiger partial charge is 0.307 e. The molecule has 1 saturated carbocycles. The maximum atomic E-state index is 11.2. The number of methoxy groups -OCH3 is 1. The van der Waals surface area contributed by atoms with Crippen molar-refractivity contribution in [3.05, 3.63) is 0 Å². The summed E-state index contributed by atoms with van der Waals surface area (Å²) in [6.45, 7) is 6.94. The number of nitrogens with two attached hydrogens (primary N) is 1. The maximum absolute atomic E-state index is 11.2. The average Bonchev–Trinajstić information content (AvgIpc) is 2.27. The molecule has 0 heterocycles. The van der Waals surface area contributed by atoms with Crippen LogP contribution in [0.1, 0.15) is 52.9 Å². The van der Waals surface area contributed by atoms with Gasteiger partial charge in [-0.1, -0.05) is 20.8 Å². The maximum Gasteiger partial charge on any atom is 0.307 e. The first-order valence-corrected chi connectivity index (χ1v) is 6.67. The van der Waals surface area contributed by atoms with Crippen molar-refractivity contribution >= 4 is 5.97 Å². The summed E-state index contributed by atoms with van der Waals surface area (Å²) >= 11 is 0. The largest absolute Gasteiger partial charge is 0.469 e. The van der Waals surface area contributed by atoms with Gasteiger partial charge < -0.3 is 10.5 Å². The molecule has 1 aliphatic carbocycles. The van der Waals surface area contributed by atoms with Crippen LogP contribution in [0.5, 0.6) is 0 Å². The second kappa shape index (κ2) is 5.85. The van der Waals surface area contributed by atoms with Crippen LogP contribution in [0.15, 0.2) is 0 Å². The molecule has 17 heavy (non-hydrogen) atoms. The van der Waals surface area contributed by atoms with Crippen molar-refractivity contribution < 1.29 is 9.53 Å². The van der Waals surface area contributed by atoms with E-state index < -0.39 is 0 Å². The van der Waals surface area contributed by atoms with Crippen LogP contribution in [-0.4, -0.2) is 19.1 Å². The SMILES string of the molecule is COC(=O)C[C@@H](N)C1CCC(C(C)(C)C)CC1. The Balaban J connectivity index is 2.39. The summed E-state index contributed by atoms with van der Waals surface area (Å²) in [4.78, 5) is 11.2. The average molecular weight is 241 g/mol. The molecule has 3 heteroatoms. The fraction of sp³-hybridized carbons (Fsp3) is 0.929. The Kier molecular flexibility index (Phi) is 4.99. The predicted octanol–water partition coefficient (Wildman–Crippen LogP) is 2.73. The van der Waals surface area contributed by atoms with Crippen LogP contribution in [0.2, 0.25) is 0 Å². The molecule has 0 unspecified atom stereocenters. The molecule has 1 atom stereocenters. The first kappa shape index (κ1) is 14.5. The summed E-state index contributed by atoms with van der Waals surface area (Å²) in [5.74, 6) is 1.10. The van der Waals surface area contributed by atoms with Crippen LogP contribution in [0.3, 0.4) is 0 Å². The number of rotatable bonds is 3. The lowest BCUT2D eigenvalue weighted by molar-refractivity contribution is -0.141. The van der Waals surface area contributed by atoms with E-state index in [0.717, 1.165) is 18.8 Å². The molecule has 3 nitrogen and oxygen atoms in total. The van der Waals surface area contributed by atoms with Crippen LogP contribution in [-0.2, 0) is 9.53 Å². The first-order chi connectivity index (χ1) is 7.84. The Hall–Kier alpha value is -0.570. The molecule has 0 aromatic rings. The van der Waals surface area contributed by atoms with Gasteiger partial charge >= 0.3 is 5.97 Å². The molecule has 0 aliphatic heterocycles. The molecule has 1 rings (SSSR count). The lowest BCUT2D eigenvalue weighted by Gasteiger charge is -2.38. The van der Waals surface area contributed by atoms with Gasteiger partial charge in [0.15, 0.2) is 0 Å². The number of ether oxygens (including phenoxy) is 1. The quantitative estimate of drug-likeness (QED) is 0.773. The molecule has 0 aromatic carbocycles. The lowest BCUT2D eigenvalue weighted by atomic mass is 9.68. The second-order valence-electron chi connectivity index (χ2n) is 6.42. The molecule has 0 radical (unpaired) electrons. The van der Waals surface area contributed by atoms with E-state index in [1.807, 2.05) is 0 Å². The second-order valence-corrected chi connectivity index (χ2v) is 6.42. The highest BCUT2D eigenvalue weighted by atomic mass is 16.5. The molecule has 2 N–H and O–H groups in total. The highest BCUT2D eigenvalue weighted by Gasteiger charge is 2.32. The zero-order chi connectivity index (χ0) is 13.1. The third kappa shape index (κ3) is 4.30. The molecule has 0 aromatic heterocycles. The van der Waals surface area contributed by atoms with Gasteiger partial charge in [0.25, 0.3) is 0 Å². The van der Waals surface area contributed by atoms with E-state index in [0.29, 0.717) is 17.8 Å². The van der Waals surface area contributed by atoms with Gasteiger partial charge in [-0.2, -0.15) is 0 Å². The van der Waals surface area contributed by atoms with Crippen molar-refractivity contribution in [1.82, 2.24) is 0 Å². The monoisotopic (exact) mass is 241 g/mol. The van der Waals surface area contributed by atoms with E-state index in [1.54, 1.807) is 0 Å². The Bertz CT molecular complexity index is 249. The summed E-state index contributed by atoms with van der Waals surface area (Å²) < 4.78 is 4.67. The minimum absolute atomic E-state index is 0.0247. The standard InChI is InChI=1S/C14H27NO2/c1-14(2,3)11-7-5-10(6-8-11)12(15)9-13(16)17-4/h10-12H,5-9,15H2,1-4H3/t10?,11?,12-/m1/s1. The van der Waals surface area contributed by atoms with Gasteiger partial charge in [0.05, 0.1) is 13.5 Å². The van der Waals surface area contributed by atoms with Crippen molar-refractivity contribution in [2.75, 3.05) is 7.11 Å². The van der Waals surface area contributed by atoms with E-state index in [4.69, 9.17) is 5.73 Å². The molecule has 0 saturated heterocycles. The Morgan fingerprint density at radius 1 is 1.29 bits per heavy atom. The third-order valence-electron chi connectivity index (χ3n) is 4.23. The van der Waals surface area contributed by atoms with Crippen molar-refractivity contribution in [1.29, 1.82) is 0 Å². The van der Waals surface area contributed by atoms with Crippen molar-refractivity contribution in [2.45, 2.75) is 58.9 Å².